The van der Waals surface area contributed by atoms with Crippen LogP contribution in [0, 0.1) is 0 Å². The van der Waals surface area contributed by atoms with Crippen molar-refractivity contribution in [3.8, 4) is 5.75 Å². The summed E-state index contributed by atoms with van der Waals surface area (Å²) in [4.78, 5) is 17.4. The van der Waals surface area contributed by atoms with E-state index in [-0.39, 0.29) is 11.7 Å². The Hall–Kier alpha value is -2.37. The van der Waals surface area contributed by atoms with E-state index in [0.29, 0.717) is 23.0 Å². The van der Waals surface area contributed by atoms with Crippen LogP contribution in [0.1, 0.15) is 22.4 Å². The molecule has 1 amide bonds. The molecule has 1 heterocycles. The highest BCUT2D eigenvalue weighted by Gasteiger charge is 2.09. The number of nitrogens with zero attached hydrogens (tertiary/aromatic N) is 1. The number of carbonyl (C=O) groups is 1. The van der Waals surface area contributed by atoms with Gasteiger partial charge in [-0.2, -0.15) is 0 Å². The number of halogens is 1. The fraction of sp³-hybridized carbons (Fsp3) is 0.158. The van der Waals surface area contributed by atoms with Gasteiger partial charge in [0, 0.05) is 28.9 Å². The minimum Gasteiger partial charge on any atom is -0.508 e. The molecule has 0 spiro atoms. The molecule has 128 valence electrons. The predicted molar refractivity (Wildman–Crippen MR) is 101 cm³/mol. The number of para-hydroxylation sites is 1. The number of benzene rings is 2. The van der Waals surface area contributed by atoms with E-state index >= 15 is 0 Å². The van der Waals surface area contributed by atoms with Crippen molar-refractivity contribution in [3.05, 3.63) is 75.8 Å². The molecule has 0 fully saturated rings. The molecule has 6 heteroatoms. The third-order valence-electron chi connectivity index (χ3n) is 3.68. The predicted octanol–water partition coefficient (Wildman–Crippen LogP) is 4.66. The Morgan fingerprint density at radius 1 is 1.20 bits per heavy atom. The maximum Gasteiger partial charge on any atom is 0.226 e. The molecule has 0 aliphatic carbocycles. The minimum atomic E-state index is -0.119. The van der Waals surface area contributed by atoms with Gasteiger partial charge in [-0.3, -0.25) is 4.79 Å². The van der Waals surface area contributed by atoms with Crippen LogP contribution in [0.25, 0.3) is 0 Å². The maximum absolute atomic E-state index is 12.1. The number of hydrogen-bond acceptors (Lipinski definition) is 4. The smallest absolute Gasteiger partial charge is 0.226 e. The number of hydrogen-bond donors (Lipinski definition) is 2. The van der Waals surface area contributed by atoms with Gasteiger partial charge in [-0.25, -0.2) is 4.98 Å². The molecule has 2 N–H and O–H groups in total. The summed E-state index contributed by atoms with van der Waals surface area (Å²) in [5.74, 6) is 0.0975. The van der Waals surface area contributed by atoms with Crippen LogP contribution >= 0.6 is 22.9 Å². The van der Waals surface area contributed by atoms with E-state index in [2.05, 4.69) is 10.3 Å². The molecule has 3 rings (SSSR count). The number of aromatic hydroxyl groups is 1. The van der Waals surface area contributed by atoms with Gasteiger partial charge >= 0.3 is 0 Å². The first kappa shape index (κ1) is 17.5. The van der Waals surface area contributed by atoms with Crippen molar-refractivity contribution < 1.29 is 9.90 Å². The quantitative estimate of drug-likeness (QED) is 0.661. The van der Waals surface area contributed by atoms with Gasteiger partial charge in [-0.15, -0.1) is 11.3 Å². The molecule has 0 saturated heterocycles. The summed E-state index contributed by atoms with van der Waals surface area (Å²) in [6, 6.07) is 14.7. The van der Waals surface area contributed by atoms with Gasteiger partial charge in [0.05, 0.1) is 0 Å². The van der Waals surface area contributed by atoms with Crippen LogP contribution in [0.4, 0.5) is 5.13 Å². The van der Waals surface area contributed by atoms with E-state index in [9.17, 15) is 9.90 Å². The largest absolute Gasteiger partial charge is 0.508 e. The van der Waals surface area contributed by atoms with Gasteiger partial charge in [0.2, 0.25) is 5.91 Å². The number of thiazole rings is 1. The van der Waals surface area contributed by atoms with E-state index in [1.54, 1.807) is 18.3 Å². The number of amides is 1. The summed E-state index contributed by atoms with van der Waals surface area (Å²) in [7, 11) is 0. The van der Waals surface area contributed by atoms with Crippen LogP contribution in [0.15, 0.2) is 54.7 Å². The van der Waals surface area contributed by atoms with Crippen molar-refractivity contribution >= 4 is 34.0 Å². The lowest BCUT2D eigenvalue weighted by molar-refractivity contribution is -0.116. The molecule has 0 aliphatic rings. The van der Waals surface area contributed by atoms with Crippen molar-refractivity contribution in [1.29, 1.82) is 0 Å². The molecule has 0 bridgehead atoms. The summed E-state index contributed by atoms with van der Waals surface area (Å²) in [5, 5.41) is 13.8. The second-order valence-corrected chi connectivity index (χ2v) is 7.17. The maximum atomic E-state index is 12.1. The second-order valence-electron chi connectivity index (χ2n) is 5.62. The summed E-state index contributed by atoms with van der Waals surface area (Å²) in [6.45, 7) is 0. The summed E-state index contributed by atoms with van der Waals surface area (Å²) < 4.78 is 0. The average Bonchev–Trinajstić information content (AvgIpc) is 3.01. The van der Waals surface area contributed by atoms with Crippen molar-refractivity contribution in [2.24, 2.45) is 0 Å². The number of phenolic OH excluding ortho intramolecular Hbond substituents is 1. The number of aromatic nitrogens is 1. The fourth-order valence-electron chi connectivity index (χ4n) is 2.45. The molecule has 0 atom stereocenters. The van der Waals surface area contributed by atoms with Gasteiger partial charge in [-0.1, -0.05) is 41.9 Å². The number of carbonyl (C=O) groups excluding carboxylic acids is 1. The lowest BCUT2D eigenvalue weighted by Crippen LogP contribution is -2.12. The van der Waals surface area contributed by atoms with Gasteiger partial charge in [0.25, 0.3) is 0 Å². The molecule has 2 aromatic carbocycles. The van der Waals surface area contributed by atoms with Crippen LogP contribution in [-0.4, -0.2) is 16.0 Å². The Morgan fingerprint density at radius 3 is 2.84 bits per heavy atom. The van der Waals surface area contributed by atoms with Gasteiger partial charge < -0.3 is 10.4 Å². The zero-order valence-electron chi connectivity index (χ0n) is 13.4. The molecule has 0 saturated carbocycles. The van der Waals surface area contributed by atoms with Gasteiger partial charge in [-0.05, 0) is 35.7 Å². The van der Waals surface area contributed by atoms with E-state index in [0.717, 1.165) is 22.4 Å². The van der Waals surface area contributed by atoms with E-state index < -0.39 is 0 Å². The normalized spacial score (nSPS) is 10.6. The Bertz CT molecular complexity index is 879. The summed E-state index contributed by atoms with van der Waals surface area (Å²) in [6.07, 6.45) is 3.27. The zero-order valence-corrected chi connectivity index (χ0v) is 15.0. The molecule has 1 aromatic heterocycles. The van der Waals surface area contributed by atoms with E-state index in [4.69, 9.17) is 11.6 Å². The lowest BCUT2D eigenvalue weighted by atomic mass is 10.1. The number of nitrogens with one attached hydrogen (secondary N) is 1. The highest BCUT2D eigenvalue weighted by molar-refractivity contribution is 7.15. The van der Waals surface area contributed by atoms with Crippen LogP contribution in [0.3, 0.4) is 0 Å². The van der Waals surface area contributed by atoms with Crippen LogP contribution in [-0.2, 0) is 17.6 Å². The first-order valence-corrected chi connectivity index (χ1v) is 9.05. The SMILES string of the molecule is O=C(CCc1ccccc1O)Nc1ncc(Cc2cccc(Cl)c2)s1. The molecular formula is C19H17ClN2O2S. The zero-order chi connectivity index (χ0) is 17.6. The lowest BCUT2D eigenvalue weighted by Gasteiger charge is -2.04. The topological polar surface area (TPSA) is 62.2 Å². The van der Waals surface area contributed by atoms with E-state index in [1.165, 1.54) is 11.3 Å². The number of rotatable bonds is 6. The van der Waals surface area contributed by atoms with Gasteiger partial charge in [0.15, 0.2) is 5.13 Å². The average molecular weight is 373 g/mol. The Labute approximate surface area is 155 Å². The molecule has 0 aliphatic heterocycles. The Balaban J connectivity index is 1.54. The Kier molecular flexibility index (Phi) is 5.68. The van der Waals surface area contributed by atoms with Crippen molar-refractivity contribution in [2.45, 2.75) is 19.3 Å². The standard InChI is InChI=1S/C19H17ClN2O2S/c20-15-6-3-4-13(10-15)11-16-12-21-19(25-16)22-18(24)9-8-14-5-1-2-7-17(14)23/h1-7,10,12,23H,8-9,11H2,(H,21,22,24). The van der Waals surface area contributed by atoms with Crippen LogP contribution in [0.2, 0.25) is 5.02 Å². The highest BCUT2D eigenvalue weighted by Crippen LogP contribution is 2.23. The van der Waals surface area contributed by atoms with Gasteiger partial charge in [0.1, 0.15) is 5.75 Å². The summed E-state index contributed by atoms with van der Waals surface area (Å²) >= 11 is 7.45. The molecular weight excluding hydrogens is 356 g/mol. The molecule has 0 unspecified atom stereocenters. The first-order chi connectivity index (χ1) is 12.1. The van der Waals surface area contributed by atoms with Crippen molar-refractivity contribution in [3.63, 3.8) is 0 Å². The fourth-order valence-corrected chi connectivity index (χ4v) is 3.52. The number of aryl methyl sites for hydroxylation is 1. The molecule has 25 heavy (non-hydrogen) atoms. The number of phenols is 1. The van der Waals surface area contributed by atoms with Crippen LogP contribution in [0.5, 0.6) is 5.75 Å². The van der Waals surface area contributed by atoms with Crippen LogP contribution < -0.4 is 5.32 Å². The van der Waals surface area contributed by atoms with E-state index in [1.807, 2.05) is 36.4 Å². The third kappa shape index (κ3) is 5.05. The monoisotopic (exact) mass is 372 g/mol. The second kappa shape index (κ2) is 8.14. The number of anilines is 1. The van der Waals surface area contributed by atoms with Crippen molar-refractivity contribution in [2.75, 3.05) is 5.32 Å². The highest BCUT2D eigenvalue weighted by atomic mass is 35.5. The third-order valence-corrected chi connectivity index (χ3v) is 4.83. The molecule has 0 radical (unpaired) electrons. The Morgan fingerprint density at radius 2 is 2.04 bits per heavy atom. The van der Waals surface area contributed by atoms with Crippen molar-refractivity contribution in [1.82, 2.24) is 4.98 Å². The molecule has 3 aromatic rings. The molecule has 4 nitrogen and oxygen atoms in total. The summed E-state index contributed by atoms with van der Waals surface area (Å²) in [5.41, 5.74) is 1.87. The minimum absolute atomic E-state index is 0.119. The first-order valence-electron chi connectivity index (χ1n) is 7.86.